The number of hydrogen-bond acceptors (Lipinski definition) is 3. The van der Waals surface area contributed by atoms with Crippen LogP contribution in [0.4, 0.5) is 0 Å². The molecule has 0 saturated carbocycles. The summed E-state index contributed by atoms with van der Waals surface area (Å²) in [5.74, 6) is 0.733. The fourth-order valence-corrected chi connectivity index (χ4v) is 1.80. The van der Waals surface area contributed by atoms with Gasteiger partial charge in [-0.25, -0.2) is 15.0 Å². The van der Waals surface area contributed by atoms with Crippen LogP contribution in [0.5, 0.6) is 0 Å². The van der Waals surface area contributed by atoms with Crippen LogP contribution in [0.25, 0.3) is 11.5 Å². The van der Waals surface area contributed by atoms with Crippen molar-refractivity contribution in [1.29, 1.82) is 0 Å². The van der Waals surface area contributed by atoms with E-state index in [1.54, 1.807) is 0 Å². The van der Waals surface area contributed by atoms with Crippen molar-refractivity contribution >= 4 is 0 Å². The van der Waals surface area contributed by atoms with E-state index in [9.17, 15) is 0 Å². The third-order valence-electron chi connectivity index (χ3n) is 2.53. The van der Waals surface area contributed by atoms with E-state index in [0.717, 1.165) is 41.4 Å². The summed E-state index contributed by atoms with van der Waals surface area (Å²) in [6.07, 6.45) is 2.08. The van der Waals surface area contributed by atoms with Gasteiger partial charge in [0.15, 0.2) is 5.82 Å². The minimum Gasteiger partial charge on any atom is -0.250 e. The lowest BCUT2D eigenvalue weighted by Gasteiger charge is -2.05. The molecule has 0 unspecified atom stereocenters. The number of pyridine rings is 1. The highest BCUT2D eigenvalue weighted by Crippen LogP contribution is 2.14. The molecule has 0 N–H and O–H groups in total. The molecule has 2 aromatic rings. The Hall–Kier alpha value is -1.77. The third-order valence-corrected chi connectivity index (χ3v) is 2.53. The zero-order chi connectivity index (χ0) is 12.3. The lowest BCUT2D eigenvalue weighted by Crippen LogP contribution is -1.99. The van der Waals surface area contributed by atoms with Gasteiger partial charge in [-0.15, -0.1) is 0 Å². The molecule has 17 heavy (non-hydrogen) atoms. The molecule has 0 bridgehead atoms. The first-order valence-corrected chi connectivity index (χ1v) is 5.97. The number of hydrogen-bond donors (Lipinski definition) is 0. The summed E-state index contributed by atoms with van der Waals surface area (Å²) in [5, 5.41) is 0. The Bertz CT molecular complexity index is 521. The normalized spacial score (nSPS) is 10.5. The molecule has 2 aromatic heterocycles. The van der Waals surface area contributed by atoms with Gasteiger partial charge in [-0.2, -0.15) is 0 Å². The summed E-state index contributed by atoms with van der Waals surface area (Å²) in [6.45, 7) is 6.13. The van der Waals surface area contributed by atoms with E-state index in [4.69, 9.17) is 0 Å². The zero-order valence-electron chi connectivity index (χ0n) is 10.6. The van der Waals surface area contributed by atoms with E-state index in [1.165, 1.54) is 0 Å². The molecule has 3 heteroatoms. The molecule has 0 radical (unpaired) electrons. The van der Waals surface area contributed by atoms with Gasteiger partial charge >= 0.3 is 0 Å². The minimum atomic E-state index is 0.733. The lowest BCUT2D eigenvalue weighted by molar-refractivity contribution is 0.867. The van der Waals surface area contributed by atoms with E-state index in [-0.39, 0.29) is 0 Å². The van der Waals surface area contributed by atoms with Crippen LogP contribution in [0.3, 0.4) is 0 Å². The molecule has 0 aliphatic rings. The molecule has 0 atom stereocenters. The molecular weight excluding hydrogens is 210 g/mol. The minimum absolute atomic E-state index is 0.733. The first-order chi connectivity index (χ1) is 8.19. The second kappa shape index (κ2) is 5.04. The van der Waals surface area contributed by atoms with Crippen LogP contribution in [0, 0.1) is 13.8 Å². The average molecular weight is 227 g/mol. The molecule has 0 aliphatic carbocycles. The fourth-order valence-electron chi connectivity index (χ4n) is 1.80. The van der Waals surface area contributed by atoms with Crippen LogP contribution >= 0.6 is 0 Å². The van der Waals surface area contributed by atoms with Gasteiger partial charge in [0.05, 0.1) is 0 Å². The van der Waals surface area contributed by atoms with E-state index in [0.29, 0.717) is 0 Å². The van der Waals surface area contributed by atoms with Gasteiger partial charge in [0, 0.05) is 17.1 Å². The Morgan fingerprint density at radius 2 is 1.82 bits per heavy atom. The van der Waals surface area contributed by atoms with Crippen LogP contribution in [0.1, 0.15) is 30.4 Å². The van der Waals surface area contributed by atoms with Crippen molar-refractivity contribution in [2.75, 3.05) is 0 Å². The molecule has 0 aliphatic heterocycles. The van der Waals surface area contributed by atoms with E-state index in [1.807, 2.05) is 38.1 Å². The molecular formula is C14H17N3. The van der Waals surface area contributed by atoms with Crippen LogP contribution in [-0.4, -0.2) is 15.0 Å². The maximum atomic E-state index is 4.56. The van der Waals surface area contributed by atoms with Crippen molar-refractivity contribution in [1.82, 2.24) is 15.0 Å². The third kappa shape index (κ3) is 2.87. The van der Waals surface area contributed by atoms with E-state index in [2.05, 4.69) is 21.9 Å². The molecule has 0 fully saturated rings. The molecule has 88 valence electrons. The van der Waals surface area contributed by atoms with Gasteiger partial charge in [0.25, 0.3) is 0 Å². The zero-order valence-corrected chi connectivity index (χ0v) is 10.6. The van der Waals surface area contributed by atoms with E-state index >= 15 is 0 Å². The summed E-state index contributed by atoms with van der Waals surface area (Å²) >= 11 is 0. The molecule has 3 nitrogen and oxygen atoms in total. The Morgan fingerprint density at radius 3 is 2.53 bits per heavy atom. The van der Waals surface area contributed by atoms with Crippen molar-refractivity contribution < 1.29 is 0 Å². The smallest absolute Gasteiger partial charge is 0.178 e. The Morgan fingerprint density at radius 1 is 1.00 bits per heavy atom. The summed E-state index contributed by atoms with van der Waals surface area (Å²) in [4.78, 5) is 13.5. The number of aryl methyl sites for hydroxylation is 3. The summed E-state index contributed by atoms with van der Waals surface area (Å²) in [6, 6.07) is 7.97. The summed E-state index contributed by atoms with van der Waals surface area (Å²) < 4.78 is 0. The van der Waals surface area contributed by atoms with Gasteiger partial charge < -0.3 is 0 Å². The second-order valence-electron chi connectivity index (χ2n) is 4.24. The number of aromatic nitrogens is 3. The molecule has 2 heterocycles. The number of nitrogens with zero attached hydrogens (tertiary/aromatic N) is 3. The van der Waals surface area contributed by atoms with Gasteiger partial charge in [-0.05, 0) is 38.5 Å². The molecule has 0 saturated heterocycles. The quantitative estimate of drug-likeness (QED) is 0.808. The van der Waals surface area contributed by atoms with Gasteiger partial charge in [-0.1, -0.05) is 19.4 Å². The topological polar surface area (TPSA) is 38.7 Å². The highest BCUT2D eigenvalue weighted by molar-refractivity contribution is 5.49. The van der Waals surface area contributed by atoms with Gasteiger partial charge in [-0.3, -0.25) is 0 Å². The Balaban J connectivity index is 2.44. The van der Waals surface area contributed by atoms with Gasteiger partial charge in [0.1, 0.15) is 5.69 Å². The monoisotopic (exact) mass is 227 g/mol. The van der Waals surface area contributed by atoms with Crippen LogP contribution in [0.15, 0.2) is 24.3 Å². The Labute approximate surface area is 102 Å². The highest BCUT2D eigenvalue weighted by atomic mass is 14.9. The van der Waals surface area contributed by atoms with Crippen LogP contribution in [0.2, 0.25) is 0 Å². The average Bonchev–Trinajstić information content (AvgIpc) is 2.28. The van der Waals surface area contributed by atoms with Crippen molar-refractivity contribution in [2.24, 2.45) is 0 Å². The van der Waals surface area contributed by atoms with Crippen LogP contribution in [-0.2, 0) is 6.42 Å². The maximum Gasteiger partial charge on any atom is 0.178 e. The standard InChI is InChI=1S/C14H17N3/c1-4-6-12-9-11(3)16-14(17-12)13-8-5-7-10(2)15-13/h5,7-9H,4,6H2,1-3H3. The SMILES string of the molecule is CCCc1cc(C)nc(-c2cccc(C)n2)n1. The lowest BCUT2D eigenvalue weighted by atomic mass is 10.2. The maximum absolute atomic E-state index is 4.56. The van der Waals surface area contributed by atoms with Crippen molar-refractivity contribution in [3.05, 3.63) is 41.3 Å². The van der Waals surface area contributed by atoms with Gasteiger partial charge in [0.2, 0.25) is 0 Å². The molecule has 2 rings (SSSR count). The fraction of sp³-hybridized carbons (Fsp3) is 0.357. The second-order valence-corrected chi connectivity index (χ2v) is 4.24. The predicted molar refractivity (Wildman–Crippen MR) is 68.7 cm³/mol. The van der Waals surface area contributed by atoms with Crippen molar-refractivity contribution in [3.8, 4) is 11.5 Å². The summed E-state index contributed by atoms with van der Waals surface area (Å²) in [5.41, 5.74) is 3.94. The van der Waals surface area contributed by atoms with Crippen LogP contribution < -0.4 is 0 Å². The predicted octanol–water partition coefficient (Wildman–Crippen LogP) is 3.11. The van der Waals surface area contributed by atoms with Crippen molar-refractivity contribution in [2.45, 2.75) is 33.6 Å². The largest absolute Gasteiger partial charge is 0.250 e. The Kier molecular flexibility index (Phi) is 3.47. The summed E-state index contributed by atoms with van der Waals surface area (Å²) in [7, 11) is 0. The molecule has 0 aromatic carbocycles. The first-order valence-electron chi connectivity index (χ1n) is 5.97. The molecule has 0 amide bonds. The molecule has 0 spiro atoms. The van der Waals surface area contributed by atoms with Crippen molar-refractivity contribution in [3.63, 3.8) is 0 Å². The van der Waals surface area contributed by atoms with E-state index < -0.39 is 0 Å². The number of rotatable bonds is 3. The highest BCUT2D eigenvalue weighted by Gasteiger charge is 2.05. The first kappa shape index (κ1) is 11.7.